The maximum absolute atomic E-state index is 2.55. The predicted molar refractivity (Wildman–Crippen MR) is 204 cm³/mol. The molecule has 2 saturated carbocycles. The predicted octanol–water partition coefficient (Wildman–Crippen LogP) is 7.16. The van der Waals surface area contributed by atoms with Gasteiger partial charge in [0.25, 0.3) is 0 Å². The minimum atomic E-state index is 0. The normalized spacial score (nSPS) is 15.6. The van der Waals surface area contributed by atoms with Crippen LogP contribution in [0.15, 0.2) is 72.8 Å². The van der Waals surface area contributed by atoms with E-state index in [9.17, 15) is 0 Å². The Morgan fingerprint density at radius 3 is 1.43 bits per heavy atom. The van der Waals surface area contributed by atoms with E-state index in [1.165, 1.54) is 149 Å². The molecule has 0 bridgehead atoms. The van der Waals surface area contributed by atoms with Crippen molar-refractivity contribution >= 4 is 48.0 Å². The van der Waals surface area contributed by atoms with Crippen LogP contribution < -0.4 is 35.4 Å². The summed E-state index contributed by atoms with van der Waals surface area (Å²) in [5, 5.41) is 9.20. The fraction of sp³-hybridized carbons (Fsp3) is 0.571. The number of fused-ring (bicyclic) bond motifs is 2. The molecule has 0 heterocycles. The topological polar surface area (TPSA) is 0 Å². The zero-order valence-electron chi connectivity index (χ0n) is 29.4. The zero-order chi connectivity index (χ0) is 30.4. The summed E-state index contributed by atoms with van der Waals surface area (Å²) in [6.07, 6.45) is 29.0. The second-order valence-corrected chi connectivity index (χ2v) is 19.1. The standard InChI is InChI=1S/C21H28P.C21H32P.2ClH.Ti/c1-3-11-19(12-4-1)22(20-13-5-2-6-14-20)21-15-17-9-7-8-10-18(17)16-21;1-3-5-7-11-15-22(16-12-8-6-4-2)21-17-19-13-9-10-14-20(19)18-21;;;/h7-10,15-16,19-20H,1-6,11-14H2;9-10,13-14,17-18H,3-8,11-12,15-16H2,1-2H3;2*1H;/q2*-1;;;+4/p-2. The van der Waals surface area contributed by atoms with Crippen LogP contribution in [0.3, 0.4) is 0 Å². The number of unbranched alkanes of at least 4 members (excludes halogenated alkanes) is 6. The number of benzene rings is 2. The molecule has 4 aromatic rings. The molecule has 0 N–H and O–H groups in total. The van der Waals surface area contributed by atoms with E-state index < -0.39 is 0 Å². The van der Waals surface area contributed by atoms with Gasteiger partial charge in [-0.1, -0.05) is 119 Å². The van der Waals surface area contributed by atoms with Gasteiger partial charge in [0, 0.05) is 0 Å². The maximum Gasteiger partial charge on any atom is 4.00 e. The molecule has 6 rings (SSSR count). The van der Waals surface area contributed by atoms with E-state index in [1.54, 1.807) is 10.6 Å². The average Bonchev–Trinajstić information content (AvgIpc) is 3.70. The van der Waals surface area contributed by atoms with E-state index in [0.29, 0.717) is 0 Å². The summed E-state index contributed by atoms with van der Waals surface area (Å²) < 4.78 is 0. The molecule has 2 aliphatic rings. The van der Waals surface area contributed by atoms with Gasteiger partial charge < -0.3 is 24.8 Å². The molecule has 0 aromatic heterocycles. The van der Waals surface area contributed by atoms with E-state index in [-0.39, 0.29) is 62.4 Å². The van der Waals surface area contributed by atoms with Gasteiger partial charge in [0.2, 0.25) is 0 Å². The SMILES string of the molecule is CCCCCCP(CCCCCC)c1cc2ccccc2[cH-]1.[Cl-].[Cl-].[Ti+4].c1ccc2[cH-]c(P(C3CCCCC3)C3CCCCC3)cc2c1. The second-order valence-electron chi connectivity index (χ2n) is 13.8. The van der Waals surface area contributed by atoms with Crippen LogP contribution in [-0.2, 0) is 21.7 Å². The molecule has 0 nitrogen and oxygen atoms in total. The molecule has 0 spiro atoms. The zero-order valence-corrected chi connectivity index (χ0v) is 34.2. The first-order valence-electron chi connectivity index (χ1n) is 18.6. The monoisotopic (exact) mass is 744 g/mol. The van der Waals surface area contributed by atoms with Crippen LogP contribution >= 0.6 is 15.8 Å². The number of hydrogen-bond acceptors (Lipinski definition) is 0. The quantitative estimate of drug-likeness (QED) is 0.0557. The molecule has 0 amide bonds. The number of hydrogen-bond donors (Lipinski definition) is 0. The van der Waals surface area contributed by atoms with Crippen molar-refractivity contribution in [1.82, 2.24) is 0 Å². The summed E-state index contributed by atoms with van der Waals surface area (Å²) in [4.78, 5) is 0. The molecular formula is C42H60Cl2P2Ti. The molecule has 4 aromatic carbocycles. The summed E-state index contributed by atoms with van der Waals surface area (Å²) in [5.74, 6) is 0. The van der Waals surface area contributed by atoms with Crippen molar-refractivity contribution in [3.8, 4) is 0 Å². The fourth-order valence-electron chi connectivity index (χ4n) is 7.87. The van der Waals surface area contributed by atoms with Crippen molar-refractivity contribution in [3.05, 3.63) is 72.8 Å². The summed E-state index contributed by atoms with van der Waals surface area (Å²) in [6, 6.07) is 27.9. The van der Waals surface area contributed by atoms with Crippen molar-refractivity contribution < 1.29 is 46.5 Å². The minimum absolute atomic E-state index is 0. The average molecular weight is 746 g/mol. The van der Waals surface area contributed by atoms with Gasteiger partial charge in [-0.25, -0.2) is 0 Å². The Bertz CT molecular complexity index is 1250. The number of rotatable bonds is 14. The second kappa shape index (κ2) is 24.1. The van der Waals surface area contributed by atoms with Crippen molar-refractivity contribution in [2.24, 2.45) is 0 Å². The van der Waals surface area contributed by atoms with Crippen LogP contribution in [0.2, 0.25) is 0 Å². The van der Waals surface area contributed by atoms with Gasteiger partial charge in [0.05, 0.1) is 0 Å². The van der Waals surface area contributed by atoms with E-state index in [1.807, 2.05) is 0 Å². The molecule has 0 atom stereocenters. The van der Waals surface area contributed by atoms with Gasteiger partial charge in [-0.15, -0.1) is 80.7 Å². The summed E-state index contributed by atoms with van der Waals surface area (Å²) >= 11 is 0. The summed E-state index contributed by atoms with van der Waals surface area (Å²) in [6.45, 7) is 4.61. The minimum Gasteiger partial charge on any atom is -1.00 e. The third-order valence-electron chi connectivity index (χ3n) is 10.4. The molecule has 0 aliphatic heterocycles. The Kier molecular flexibility index (Phi) is 22.0. The Balaban J connectivity index is 0.000000307. The molecular weight excluding hydrogens is 685 g/mol. The summed E-state index contributed by atoms with van der Waals surface area (Å²) in [7, 11) is 0.125. The Labute approximate surface area is 318 Å². The van der Waals surface area contributed by atoms with Crippen LogP contribution in [0, 0.1) is 0 Å². The third kappa shape index (κ3) is 13.1. The van der Waals surface area contributed by atoms with E-state index in [2.05, 4.69) is 86.6 Å². The van der Waals surface area contributed by atoms with E-state index in [0.717, 1.165) is 11.3 Å². The fourth-order valence-corrected chi connectivity index (χ4v) is 14.3. The van der Waals surface area contributed by atoms with E-state index >= 15 is 0 Å². The number of halogens is 2. The molecule has 256 valence electrons. The van der Waals surface area contributed by atoms with Crippen LogP contribution in [0.5, 0.6) is 0 Å². The largest absolute Gasteiger partial charge is 4.00 e. The first-order valence-corrected chi connectivity index (χ1v) is 21.8. The van der Waals surface area contributed by atoms with Crippen molar-refractivity contribution in [1.29, 1.82) is 0 Å². The van der Waals surface area contributed by atoms with Crippen LogP contribution in [0.1, 0.15) is 129 Å². The van der Waals surface area contributed by atoms with E-state index in [4.69, 9.17) is 0 Å². The molecule has 0 unspecified atom stereocenters. The molecule has 47 heavy (non-hydrogen) atoms. The first kappa shape index (κ1) is 43.0. The van der Waals surface area contributed by atoms with Crippen molar-refractivity contribution in [2.75, 3.05) is 12.3 Å². The van der Waals surface area contributed by atoms with Crippen LogP contribution in [-0.4, -0.2) is 23.6 Å². The Morgan fingerprint density at radius 1 is 0.553 bits per heavy atom. The van der Waals surface area contributed by atoms with Crippen LogP contribution in [0.25, 0.3) is 21.5 Å². The Hall–Kier alpha value is -0.186. The van der Waals surface area contributed by atoms with Gasteiger partial charge in [-0.3, -0.25) is 0 Å². The van der Waals surface area contributed by atoms with Gasteiger partial charge in [-0.05, 0) is 62.2 Å². The van der Waals surface area contributed by atoms with Crippen molar-refractivity contribution in [2.45, 2.75) is 141 Å². The maximum atomic E-state index is 2.55. The van der Waals surface area contributed by atoms with Crippen molar-refractivity contribution in [3.63, 3.8) is 0 Å². The van der Waals surface area contributed by atoms with Crippen LogP contribution in [0.4, 0.5) is 0 Å². The van der Waals surface area contributed by atoms with Gasteiger partial charge in [0.1, 0.15) is 0 Å². The molecule has 0 radical (unpaired) electrons. The first-order chi connectivity index (χ1) is 21.8. The third-order valence-corrected chi connectivity index (χ3v) is 16.5. The molecule has 2 fully saturated rings. The van der Waals surface area contributed by atoms with Gasteiger partial charge in [0.15, 0.2) is 0 Å². The smallest absolute Gasteiger partial charge is 1.00 e. The molecule has 2 aliphatic carbocycles. The molecule has 0 saturated heterocycles. The summed E-state index contributed by atoms with van der Waals surface area (Å²) in [5.41, 5.74) is 2.03. The van der Waals surface area contributed by atoms with Gasteiger partial charge >= 0.3 is 21.7 Å². The molecule has 5 heteroatoms. The Morgan fingerprint density at radius 2 is 0.979 bits per heavy atom. The van der Waals surface area contributed by atoms with Gasteiger partial charge in [-0.2, -0.15) is 12.1 Å².